The molecule has 2 rings (SSSR count). The molecular formula is C19H30N2O3S3. The van der Waals surface area contributed by atoms with Gasteiger partial charge in [0, 0.05) is 35.0 Å². The smallest absolute Gasteiger partial charge is 0.255 e. The molecule has 27 heavy (non-hydrogen) atoms. The SMILES string of the molecule is CSc1ccc(S(=O)(=O)NCCSC(C)(C)C)cc1C(=O)N1CCCCC1. The molecule has 0 radical (unpaired) electrons. The Morgan fingerprint density at radius 3 is 2.44 bits per heavy atom. The van der Waals surface area contributed by atoms with Gasteiger partial charge in [-0.1, -0.05) is 20.8 Å². The molecule has 0 aliphatic carbocycles. The van der Waals surface area contributed by atoms with Crippen molar-refractivity contribution in [2.45, 2.75) is 54.6 Å². The number of piperidine rings is 1. The summed E-state index contributed by atoms with van der Waals surface area (Å²) in [5.41, 5.74) is 0.483. The van der Waals surface area contributed by atoms with Gasteiger partial charge < -0.3 is 4.90 Å². The molecule has 0 bridgehead atoms. The molecule has 1 fully saturated rings. The number of rotatable bonds is 7. The summed E-state index contributed by atoms with van der Waals surface area (Å²) >= 11 is 3.18. The highest BCUT2D eigenvalue weighted by Crippen LogP contribution is 2.26. The van der Waals surface area contributed by atoms with E-state index in [9.17, 15) is 13.2 Å². The van der Waals surface area contributed by atoms with Crippen molar-refractivity contribution in [1.29, 1.82) is 0 Å². The Morgan fingerprint density at radius 2 is 1.85 bits per heavy atom. The topological polar surface area (TPSA) is 66.5 Å². The quantitative estimate of drug-likeness (QED) is 0.526. The molecule has 0 atom stereocenters. The molecule has 1 aromatic rings. The molecule has 152 valence electrons. The lowest BCUT2D eigenvalue weighted by atomic mass is 10.1. The molecule has 1 aromatic carbocycles. The molecule has 1 aliphatic heterocycles. The summed E-state index contributed by atoms with van der Waals surface area (Å²) in [6.07, 6.45) is 5.05. The van der Waals surface area contributed by atoms with E-state index in [4.69, 9.17) is 0 Å². The Hall–Kier alpha value is -0.700. The number of carbonyl (C=O) groups excluding carboxylic acids is 1. The second-order valence-corrected chi connectivity index (χ2v) is 12.1. The van der Waals surface area contributed by atoms with Crippen molar-refractivity contribution in [3.63, 3.8) is 0 Å². The molecule has 5 nitrogen and oxygen atoms in total. The highest BCUT2D eigenvalue weighted by atomic mass is 32.2. The van der Waals surface area contributed by atoms with E-state index in [1.54, 1.807) is 23.9 Å². The zero-order valence-corrected chi connectivity index (χ0v) is 19.0. The predicted octanol–water partition coefficient (Wildman–Crippen LogP) is 3.84. The van der Waals surface area contributed by atoms with Crippen LogP contribution < -0.4 is 4.72 Å². The van der Waals surface area contributed by atoms with Gasteiger partial charge in [-0.05, 0) is 43.7 Å². The van der Waals surface area contributed by atoms with Gasteiger partial charge in [0.25, 0.3) is 5.91 Å². The van der Waals surface area contributed by atoms with Crippen LogP contribution >= 0.6 is 23.5 Å². The lowest BCUT2D eigenvalue weighted by Gasteiger charge is -2.27. The van der Waals surface area contributed by atoms with E-state index >= 15 is 0 Å². The van der Waals surface area contributed by atoms with Gasteiger partial charge in [0.15, 0.2) is 0 Å². The second-order valence-electron chi connectivity index (χ2n) is 7.57. The molecule has 1 saturated heterocycles. The fraction of sp³-hybridized carbons (Fsp3) is 0.632. The van der Waals surface area contributed by atoms with Crippen LogP contribution in [-0.2, 0) is 10.0 Å². The lowest BCUT2D eigenvalue weighted by Crippen LogP contribution is -2.36. The molecule has 0 unspecified atom stereocenters. The first-order valence-corrected chi connectivity index (χ1v) is 12.9. The van der Waals surface area contributed by atoms with E-state index in [2.05, 4.69) is 25.5 Å². The number of benzene rings is 1. The van der Waals surface area contributed by atoms with Gasteiger partial charge in [-0.2, -0.15) is 11.8 Å². The minimum atomic E-state index is -3.63. The number of hydrogen-bond acceptors (Lipinski definition) is 5. The summed E-state index contributed by atoms with van der Waals surface area (Å²) in [6.45, 7) is 8.16. The fourth-order valence-corrected chi connectivity index (χ4v) is 5.48. The first-order chi connectivity index (χ1) is 12.6. The van der Waals surface area contributed by atoms with E-state index in [-0.39, 0.29) is 15.5 Å². The van der Waals surface area contributed by atoms with Crippen molar-refractivity contribution in [1.82, 2.24) is 9.62 Å². The number of amides is 1. The standard InChI is InChI=1S/C19H30N2O3S3/c1-19(2,3)26-13-10-20-27(23,24)15-8-9-17(25-4)16(14-15)18(22)21-11-6-5-7-12-21/h8-9,14,20H,5-7,10-13H2,1-4H3. The van der Waals surface area contributed by atoms with Crippen molar-refractivity contribution < 1.29 is 13.2 Å². The number of sulfonamides is 1. The van der Waals surface area contributed by atoms with Gasteiger partial charge in [-0.3, -0.25) is 4.79 Å². The fourth-order valence-electron chi connectivity index (χ4n) is 2.91. The van der Waals surface area contributed by atoms with Crippen LogP contribution in [0.4, 0.5) is 0 Å². The van der Waals surface area contributed by atoms with Crippen LogP contribution in [-0.4, -0.2) is 55.6 Å². The zero-order valence-electron chi connectivity index (χ0n) is 16.6. The second kappa shape index (κ2) is 9.67. The first kappa shape index (κ1) is 22.6. The van der Waals surface area contributed by atoms with Gasteiger partial charge in [-0.25, -0.2) is 13.1 Å². The highest BCUT2D eigenvalue weighted by Gasteiger charge is 2.23. The maximum absolute atomic E-state index is 12.9. The Morgan fingerprint density at radius 1 is 1.19 bits per heavy atom. The number of hydrogen-bond donors (Lipinski definition) is 1. The molecule has 1 aliphatic rings. The number of thioether (sulfide) groups is 2. The maximum Gasteiger partial charge on any atom is 0.255 e. The third kappa shape index (κ3) is 6.69. The van der Waals surface area contributed by atoms with E-state index in [1.807, 2.05) is 11.2 Å². The number of nitrogens with zero attached hydrogens (tertiary/aromatic N) is 1. The summed E-state index contributed by atoms with van der Waals surface area (Å²) in [4.78, 5) is 15.7. The minimum absolute atomic E-state index is 0.0700. The average molecular weight is 431 g/mol. The average Bonchev–Trinajstić information content (AvgIpc) is 2.64. The lowest BCUT2D eigenvalue weighted by molar-refractivity contribution is 0.0720. The Balaban J connectivity index is 2.16. The minimum Gasteiger partial charge on any atom is -0.339 e. The molecule has 0 aromatic heterocycles. The third-order valence-electron chi connectivity index (χ3n) is 4.28. The van der Waals surface area contributed by atoms with Gasteiger partial charge in [0.05, 0.1) is 10.5 Å². The van der Waals surface area contributed by atoms with Gasteiger partial charge in [0.1, 0.15) is 0 Å². The van der Waals surface area contributed by atoms with Gasteiger partial charge in [-0.15, -0.1) is 11.8 Å². The van der Waals surface area contributed by atoms with Gasteiger partial charge >= 0.3 is 0 Å². The van der Waals surface area contributed by atoms with Crippen LogP contribution in [0.1, 0.15) is 50.4 Å². The normalized spacial score (nSPS) is 15.8. The Labute approximate surface area is 172 Å². The molecular weight excluding hydrogens is 400 g/mol. The molecule has 8 heteroatoms. The largest absolute Gasteiger partial charge is 0.339 e. The molecule has 0 spiro atoms. The summed E-state index contributed by atoms with van der Waals surface area (Å²) in [6, 6.07) is 4.85. The van der Waals surface area contributed by atoms with Crippen molar-refractivity contribution in [2.24, 2.45) is 0 Å². The molecule has 0 saturated carbocycles. The van der Waals surface area contributed by atoms with Crippen LogP contribution in [0.5, 0.6) is 0 Å². The van der Waals surface area contributed by atoms with Crippen LogP contribution in [0, 0.1) is 0 Å². The number of nitrogens with one attached hydrogen (secondary N) is 1. The predicted molar refractivity (Wildman–Crippen MR) is 115 cm³/mol. The van der Waals surface area contributed by atoms with E-state index in [1.165, 1.54) is 17.8 Å². The van der Waals surface area contributed by atoms with Crippen molar-refractivity contribution >= 4 is 39.5 Å². The van der Waals surface area contributed by atoms with Gasteiger partial charge in [0.2, 0.25) is 10.0 Å². The van der Waals surface area contributed by atoms with Crippen molar-refractivity contribution in [2.75, 3.05) is 31.6 Å². The first-order valence-electron chi connectivity index (χ1n) is 9.25. The Bertz CT molecular complexity index is 752. The summed E-state index contributed by atoms with van der Waals surface area (Å²) < 4.78 is 28.1. The molecule has 1 amide bonds. The van der Waals surface area contributed by atoms with Crippen molar-refractivity contribution in [3.05, 3.63) is 23.8 Å². The highest BCUT2D eigenvalue weighted by molar-refractivity contribution is 8.00. The summed E-state index contributed by atoms with van der Waals surface area (Å²) in [5.74, 6) is 0.630. The number of likely N-dealkylation sites (tertiary alicyclic amines) is 1. The van der Waals surface area contributed by atoms with Crippen LogP contribution in [0.15, 0.2) is 28.0 Å². The third-order valence-corrected chi connectivity index (χ3v) is 7.81. The monoisotopic (exact) mass is 430 g/mol. The number of carbonyl (C=O) groups is 1. The van der Waals surface area contributed by atoms with E-state index < -0.39 is 10.0 Å². The zero-order chi connectivity index (χ0) is 20.1. The molecule has 1 N–H and O–H groups in total. The van der Waals surface area contributed by atoms with Crippen molar-refractivity contribution in [3.8, 4) is 0 Å². The summed E-state index contributed by atoms with van der Waals surface area (Å²) in [7, 11) is -3.63. The van der Waals surface area contributed by atoms with E-state index in [0.717, 1.165) is 37.2 Å². The van der Waals surface area contributed by atoms with Crippen LogP contribution in [0.2, 0.25) is 0 Å². The maximum atomic E-state index is 12.9. The summed E-state index contributed by atoms with van der Waals surface area (Å²) in [5, 5.41) is 0. The molecule has 1 heterocycles. The van der Waals surface area contributed by atoms with E-state index in [0.29, 0.717) is 17.9 Å². The van der Waals surface area contributed by atoms with Crippen LogP contribution in [0.3, 0.4) is 0 Å². The Kier molecular flexibility index (Phi) is 8.09. The van der Waals surface area contributed by atoms with Crippen LogP contribution in [0.25, 0.3) is 0 Å².